The standard InChI is InChI=1S/C17H30N2O/c1-6-19(10-11-20-7-2)13-17(18-5)16-9-8-14(3)15(4)12-16/h8-9,12,17-18H,6-7,10-11,13H2,1-5H3. The van der Waals surface area contributed by atoms with E-state index in [0.29, 0.717) is 6.04 Å². The molecule has 1 aromatic carbocycles. The van der Waals surface area contributed by atoms with Crippen molar-refractivity contribution in [3.05, 3.63) is 34.9 Å². The van der Waals surface area contributed by atoms with Crippen molar-refractivity contribution in [1.82, 2.24) is 10.2 Å². The highest BCUT2D eigenvalue weighted by molar-refractivity contribution is 5.31. The van der Waals surface area contributed by atoms with Crippen LogP contribution in [0.2, 0.25) is 0 Å². The van der Waals surface area contributed by atoms with Gasteiger partial charge in [0, 0.05) is 25.7 Å². The first-order valence-electron chi connectivity index (χ1n) is 7.66. The van der Waals surface area contributed by atoms with Crippen molar-refractivity contribution in [3.63, 3.8) is 0 Å². The number of ether oxygens (including phenoxy) is 1. The quantitative estimate of drug-likeness (QED) is 0.703. The number of benzene rings is 1. The molecule has 3 nitrogen and oxygen atoms in total. The Morgan fingerprint density at radius 1 is 1.20 bits per heavy atom. The van der Waals surface area contributed by atoms with E-state index in [1.54, 1.807) is 0 Å². The molecule has 1 rings (SSSR count). The fraction of sp³-hybridized carbons (Fsp3) is 0.647. The molecular formula is C17H30N2O. The lowest BCUT2D eigenvalue weighted by Crippen LogP contribution is -2.36. The average Bonchev–Trinajstić information content (AvgIpc) is 2.46. The predicted octanol–water partition coefficient (Wildman–Crippen LogP) is 2.92. The zero-order chi connectivity index (χ0) is 15.0. The molecule has 0 saturated carbocycles. The zero-order valence-corrected chi connectivity index (χ0v) is 13.7. The fourth-order valence-electron chi connectivity index (χ4n) is 2.32. The van der Waals surface area contributed by atoms with Crippen molar-refractivity contribution in [2.75, 3.05) is 39.9 Å². The summed E-state index contributed by atoms with van der Waals surface area (Å²) in [4.78, 5) is 2.44. The van der Waals surface area contributed by atoms with Gasteiger partial charge in [0.05, 0.1) is 6.61 Å². The topological polar surface area (TPSA) is 24.5 Å². The first-order valence-corrected chi connectivity index (χ1v) is 7.66. The van der Waals surface area contributed by atoms with Gasteiger partial charge in [-0.05, 0) is 51.1 Å². The summed E-state index contributed by atoms with van der Waals surface area (Å²) in [5.74, 6) is 0. The van der Waals surface area contributed by atoms with Crippen LogP contribution in [0.4, 0.5) is 0 Å². The third-order valence-corrected chi connectivity index (χ3v) is 3.93. The Morgan fingerprint density at radius 3 is 2.50 bits per heavy atom. The highest BCUT2D eigenvalue weighted by Crippen LogP contribution is 2.18. The monoisotopic (exact) mass is 278 g/mol. The van der Waals surface area contributed by atoms with E-state index in [0.717, 1.165) is 32.8 Å². The molecule has 0 amide bonds. The van der Waals surface area contributed by atoms with Crippen LogP contribution in [0.3, 0.4) is 0 Å². The second-order valence-corrected chi connectivity index (χ2v) is 5.28. The molecule has 3 heteroatoms. The number of nitrogens with one attached hydrogen (secondary N) is 1. The Balaban J connectivity index is 2.66. The Bertz CT molecular complexity index is 393. The van der Waals surface area contributed by atoms with Gasteiger partial charge in [0.1, 0.15) is 0 Å². The first-order chi connectivity index (χ1) is 9.62. The van der Waals surface area contributed by atoms with Gasteiger partial charge in [-0.25, -0.2) is 0 Å². The van der Waals surface area contributed by atoms with Crippen molar-refractivity contribution in [2.24, 2.45) is 0 Å². The number of rotatable bonds is 9. The van der Waals surface area contributed by atoms with Gasteiger partial charge < -0.3 is 10.1 Å². The molecule has 0 fully saturated rings. The Kier molecular flexibility index (Phi) is 7.82. The summed E-state index contributed by atoms with van der Waals surface area (Å²) in [5, 5.41) is 3.44. The highest BCUT2D eigenvalue weighted by atomic mass is 16.5. The largest absolute Gasteiger partial charge is 0.380 e. The van der Waals surface area contributed by atoms with Crippen LogP contribution >= 0.6 is 0 Å². The lowest BCUT2D eigenvalue weighted by molar-refractivity contribution is 0.111. The second-order valence-electron chi connectivity index (χ2n) is 5.28. The normalized spacial score (nSPS) is 12.9. The summed E-state index contributed by atoms with van der Waals surface area (Å²) in [7, 11) is 2.04. The van der Waals surface area contributed by atoms with Crippen LogP contribution in [-0.2, 0) is 4.74 Å². The molecule has 0 aromatic heterocycles. The van der Waals surface area contributed by atoms with Gasteiger partial charge in [0.2, 0.25) is 0 Å². The lowest BCUT2D eigenvalue weighted by atomic mass is 10.0. The summed E-state index contributed by atoms with van der Waals surface area (Å²) in [6.45, 7) is 13.3. The Morgan fingerprint density at radius 2 is 1.95 bits per heavy atom. The minimum atomic E-state index is 0.371. The number of hydrogen-bond acceptors (Lipinski definition) is 3. The van der Waals surface area contributed by atoms with Crippen molar-refractivity contribution in [1.29, 1.82) is 0 Å². The molecule has 114 valence electrons. The average molecular weight is 278 g/mol. The predicted molar refractivity (Wildman–Crippen MR) is 86.3 cm³/mol. The van der Waals surface area contributed by atoms with E-state index in [1.165, 1.54) is 16.7 Å². The molecule has 0 saturated heterocycles. The molecule has 1 atom stereocenters. The number of nitrogens with zero attached hydrogens (tertiary/aromatic N) is 1. The van der Waals surface area contributed by atoms with E-state index < -0.39 is 0 Å². The van der Waals surface area contributed by atoms with Crippen LogP contribution < -0.4 is 5.32 Å². The van der Waals surface area contributed by atoms with Gasteiger partial charge in [-0.2, -0.15) is 0 Å². The molecule has 0 radical (unpaired) electrons. The van der Waals surface area contributed by atoms with Gasteiger partial charge in [-0.15, -0.1) is 0 Å². The summed E-state index contributed by atoms with van der Waals surface area (Å²) < 4.78 is 5.46. The smallest absolute Gasteiger partial charge is 0.0593 e. The molecule has 1 aromatic rings. The summed E-state index contributed by atoms with van der Waals surface area (Å²) in [6, 6.07) is 7.12. The van der Waals surface area contributed by atoms with Crippen LogP contribution in [0.1, 0.15) is 36.6 Å². The van der Waals surface area contributed by atoms with Crippen molar-refractivity contribution in [2.45, 2.75) is 33.7 Å². The van der Waals surface area contributed by atoms with Gasteiger partial charge in [0.25, 0.3) is 0 Å². The van der Waals surface area contributed by atoms with Gasteiger partial charge in [0.15, 0.2) is 0 Å². The van der Waals surface area contributed by atoms with E-state index in [2.05, 4.69) is 49.2 Å². The molecule has 1 N–H and O–H groups in total. The molecule has 20 heavy (non-hydrogen) atoms. The number of aryl methyl sites for hydroxylation is 2. The van der Waals surface area contributed by atoms with Crippen LogP contribution in [0.5, 0.6) is 0 Å². The summed E-state index contributed by atoms with van der Waals surface area (Å²) in [6.07, 6.45) is 0. The summed E-state index contributed by atoms with van der Waals surface area (Å²) >= 11 is 0. The molecule has 0 aliphatic rings. The van der Waals surface area contributed by atoms with Crippen molar-refractivity contribution < 1.29 is 4.74 Å². The zero-order valence-electron chi connectivity index (χ0n) is 13.7. The van der Waals surface area contributed by atoms with Gasteiger partial charge in [-0.3, -0.25) is 4.90 Å². The minimum Gasteiger partial charge on any atom is -0.380 e. The molecule has 0 aliphatic heterocycles. The van der Waals surface area contributed by atoms with Gasteiger partial charge >= 0.3 is 0 Å². The number of likely N-dealkylation sites (N-methyl/N-ethyl adjacent to an activating group) is 2. The molecular weight excluding hydrogens is 248 g/mol. The summed E-state index contributed by atoms with van der Waals surface area (Å²) in [5.41, 5.74) is 4.08. The molecule has 0 bridgehead atoms. The first kappa shape index (κ1) is 17.2. The van der Waals surface area contributed by atoms with E-state index in [4.69, 9.17) is 4.74 Å². The van der Waals surface area contributed by atoms with E-state index >= 15 is 0 Å². The SMILES string of the molecule is CCOCCN(CC)CC(NC)c1ccc(C)c(C)c1. The lowest BCUT2D eigenvalue weighted by Gasteiger charge is -2.27. The Hall–Kier alpha value is -0.900. The van der Waals surface area contributed by atoms with Crippen LogP contribution in [0.25, 0.3) is 0 Å². The third-order valence-electron chi connectivity index (χ3n) is 3.93. The van der Waals surface area contributed by atoms with Crippen LogP contribution in [-0.4, -0.2) is 44.8 Å². The molecule has 1 unspecified atom stereocenters. The molecule has 0 heterocycles. The number of hydrogen-bond donors (Lipinski definition) is 1. The maximum absolute atomic E-state index is 5.46. The van der Waals surface area contributed by atoms with E-state index in [-0.39, 0.29) is 0 Å². The minimum absolute atomic E-state index is 0.371. The maximum Gasteiger partial charge on any atom is 0.0593 e. The Labute approximate surface area is 124 Å². The molecule has 0 spiro atoms. The molecule has 0 aliphatic carbocycles. The van der Waals surface area contributed by atoms with Gasteiger partial charge in [-0.1, -0.05) is 25.1 Å². The third kappa shape index (κ3) is 5.23. The van der Waals surface area contributed by atoms with Crippen LogP contribution in [0.15, 0.2) is 18.2 Å². The highest BCUT2D eigenvalue weighted by Gasteiger charge is 2.14. The van der Waals surface area contributed by atoms with Crippen molar-refractivity contribution in [3.8, 4) is 0 Å². The van der Waals surface area contributed by atoms with E-state index in [9.17, 15) is 0 Å². The second kappa shape index (κ2) is 9.11. The maximum atomic E-state index is 5.46. The van der Waals surface area contributed by atoms with Crippen LogP contribution in [0, 0.1) is 13.8 Å². The van der Waals surface area contributed by atoms with E-state index in [1.807, 2.05) is 14.0 Å². The fourth-order valence-corrected chi connectivity index (χ4v) is 2.32. The van der Waals surface area contributed by atoms with Crippen molar-refractivity contribution >= 4 is 0 Å².